The van der Waals surface area contributed by atoms with Gasteiger partial charge in [0.1, 0.15) is 0 Å². The Morgan fingerprint density at radius 2 is 1.95 bits per heavy atom. The van der Waals surface area contributed by atoms with E-state index in [0.29, 0.717) is 30.8 Å². The molecule has 4 heteroatoms. The van der Waals surface area contributed by atoms with Gasteiger partial charge in [-0.25, -0.2) is 0 Å². The Labute approximate surface area is 130 Å². The molecule has 0 heterocycles. The summed E-state index contributed by atoms with van der Waals surface area (Å²) in [7, 11) is 1.72. The molecule has 0 aromatic carbocycles. The van der Waals surface area contributed by atoms with Crippen LogP contribution in [0.2, 0.25) is 0 Å². The minimum Gasteiger partial charge on any atom is -0.385 e. The van der Waals surface area contributed by atoms with E-state index < -0.39 is 0 Å². The molecule has 0 bridgehead atoms. The fourth-order valence-corrected chi connectivity index (χ4v) is 3.14. The van der Waals surface area contributed by atoms with Crippen LogP contribution in [0.15, 0.2) is 0 Å². The highest BCUT2D eigenvalue weighted by Gasteiger charge is 2.38. The molecule has 1 rings (SSSR count). The Morgan fingerprint density at radius 1 is 1.14 bits per heavy atom. The monoisotopic (exact) mass is 301 g/mol. The van der Waals surface area contributed by atoms with Gasteiger partial charge in [-0.1, -0.05) is 27.2 Å². The first-order valence-corrected chi connectivity index (χ1v) is 8.53. The molecule has 1 fully saturated rings. The second-order valence-electron chi connectivity index (χ2n) is 6.68. The third kappa shape index (κ3) is 7.09. The van der Waals surface area contributed by atoms with Crippen LogP contribution in [0.5, 0.6) is 0 Å². The van der Waals surface area contributed by atoms with E-state index in [1.54, 1.807) is 7.11 Å². The first-order valence-electron chi connectivity index (χ1n) is 8.53. The molecular formula is C17H35NO3. The summed E-state index contributed by atoms with van der Waals surface area (Å²) < 4.78 is 16.7. The maximum absolute atomic E-state index is 6.12. The van der Waals surface area contributed by atoms with Crippen molar-refractivity contribution in [1.82, 2.24) is 5.32 Å². The standard InChI is InChI=1S/C17H35NO3/c1-5-10-18-16-15(8-6-9-17(16,2)3)21-14-13-20-12-7-11-19-4/h15-16,18H,5-14H2,1-4H3. The van der Waals surface area contributed by atoms with Crippen molar-refractivity contribution in [1.29, 1.82) is 0 Å². The Bertz CT molecular complexity index is 258. The van der Waals surface area contributed by atoms with Crippen molar-refractivity contribution in [3.63, 3.8) is 0 Å². The van der Waals surface area contributed by atoms with E-state index in [0.717, 1.165) is 32.6 Å². The minimum absolute atomic E-state index is 0.317. The lowest BCUT2D eigenvalue weighted by molar-refractivity contribution is -0.0567. The van der Waals surface area contributed by atoms with Crippen LogP contribution in [0.3, 0.4) is 0 Å². The normalized spacial score (nSPS) is 25.1. The number of nitrogens with one attached hydrogen (secondary N) is 1. The van der Waals surface area contributed by atoms with Crippen molar-refractivity contribution in [2.45, 2.75) is 65.0 Å². The second kappa shape index (κ2) is 10.5. The summed E-state index contributed by atoms with van der Waals surface area (Å²) in [5.41, 5.74) is 0.317. The molecule has 21 heavy (non-hydrogen) atoms. The Kier molecular flexibility index (Phi) is 9.49. The van der Waals surface area contributed by atoms with Crippen molar-refractivity contribution in [2.24, 2.45) is 5.41 Å². The molecule has 1 N–H and O–H groups in total. The van der Waals surface area contributed by atoms with Gasteiger partial charge >= 0.3 is 0 Å². The molecule has 1 aliphatic carbocycles. The molecule has 1 aliphatic rings. The highest BCUT2D eigenvalue weighted by Crippen LogP contribution is 2.37. The van der Waals surface area contributed by atoms with Crippen LogP contribution in [-0.2, 0) is 14.2 Å². The highest BCUT2D eigenvalue weighted by molar-refractivity contribution is 4.94. The Hall–Kier alpha value is -0.160. The van der Waals surface area contributed by atoms with Crippen LogP contribution in [0.25, 0.3) is 0 Å². The van der Waals surface area contributed by atoms with E-state index in [-0.39, 0.29) is 0 Å². The number of ether oxygens (including phenoxy) is 3. The third-order valence-corrected chi connectivity index (χ3v) is 4.33. The molecule has 4 nitrogen and oxygen atoms in total. The van der Waals surface area contributed by atoms with Gasteiger partial charge in [-0.05, 0) is 37.6 Å². The molecule has 0 aromatic heterocycles. The van der Waals surface area contributed by atoms with Crippen molar-refractivity contribution in [3.8, 4) is 0 Å². The van der Waals surface area contributed by atoms with Gasteiger partial charge in [0.25, 0.3) is 0 Å². The zero-order valence-electron chi connectivity index (χ0n) is 14.5. The maximum atomic E-state index is 6.12. The molecule has 0 radical (unpaired) electrons. The highest BCUT2D eigenvalue weighted by atomic mass is 16.5. The lowest BCUT2D eigenvalue weighted by Gasteiger charge is -2.44. The fraction of sp³-hybridized carbons (Fsp3) is 1.00. The zero-order chi connectivity index (χ0) is 15.6. The van der Waals surface area contributed by atoms with Gasteiger partial charge in [0.2, 0.25) is 0 Å². The van der Waals surface area contributed by atoms with Gasteiger partial charge in [-0.15, -0.1) is 0 Å². The quantitative estimate of drug-likeness (QED) is 0.596. The van der Waals surface area contributed by atoms with E-state index in [1.807, 2.05) is 0 Å². The summed E-state index contributed by atoms with van der Waals surface area (Å²) in [6, 6.07) is 0.458. The largest absolute Gasteiger partial charge is 0.385 e. The van der Waals surface area contributed by atoms with Gasteiger partial charge in [-0.2, -0.15) is 0 Å². The van der Waals surface area contributed by atoms with E-state index in [2.05, 4.69) is 26.1 Å². The molecule has 2 unspecified atom stereocenters. The predicted octanol–water partition coefficient (Wildman–Crippen LogP) is 3.00. The lowest BCUT2D eigenvalue weighted by Crippen LogP contribution is -2.53. The molecule has 0 aliphatic heterocycles. The van der Waals surface area contributed by atoms with Gasteiger partial charge in [0, 0.05) is 26.4 Å². The second-order valence-corrected chi connectivity index (χ2v) is 6.68. The summed E-state index contributed by atoms with van der Waals surface area (Å²) in [6.45, 7) is 10.9. The van der Waals surface area contributed by atoms with Crippen LogP contribution in [0.4, 0.5) is 0 Å². The lowest BCUT2D eigenvalue weighted by atomic mass is 9.71. The van der Waals surface area contributed by atoms with E-state index in [4.69, 9.17) is 14.2 Å². The molecule has 1 saturated carbocycles. The average molecular weight is 301 g/mol. The summed E-state index contributed by atoms with van der Waals surface area (Å²) in [5.74, 6) is 0. The zero-order valence-corrected chi connectivity index (χ0v) is 14.5. The Balaban J connectivity index is 2.26. The van der Waals surface area contributed by atoms with Crippen LogP contribution < -0.4 is 5.32 Å². The molecular weight excluding hydrogens is 266 g/mol. The SMILES string of the molecule is CCCNC1C(OCCOCCCOC)CCCC1(C)C. The van der Waals surface area contributed by atoms with Gasteiger partial charge in [-0.3, -0.25) is 0 Å². The molecule has 0 spiro atoms. The molecule has 0 saturated heterocycles. The smallest absolute Gasteiger partial charge is 0.0734 e. The van der Waals surface area contributed by atoms with E-state index >= 15 is 0 Å². The first kappa shape index (κ1) is 18.9. The van der Waals surface area contributed by atoms with Gasteiger partial charge in [0.15, 0.2) is 0 Å². The maximum Gasteiger partial charge on any atom is 0.0734 e. The molecule has 0 aromatic rings. The topological polar surface area (TPSA) is 39.7 Å². The van der Waals surface area contributed by atoms with Crippen LogP contribution in [-0.4, -0.2) is 52.2 Å². The minimum atomic E-state index is 0.317. The first-order chi connectivity index (χ1) is 10.1. The molecule has 2 atom stereocenters. The summed E-state index contributed by atoms with van der Waals surface area (Å²) in [4.78, 5) is 0. The Morgan fingerprint density at radius 3 is 2.67 bits per heavy atom. The fourth-order valence-electron chi connectivity index (χ4n) is 3.14. The summed E-state index contributed by atoms with van der Waals surface area (Å²) in [5, 5.41) is 3.70. The van der Waals surface area contributed by atoms with Crippen molar-refractivity contribution < 1.29 is 14.2 Å². The number of methoxy groups -OCH3 is 1. The van der Waals surface area contributed by atoms with E-state index in [1.165, 1.54) is 19.3 Å². The molecule has 126 valence electrons. The summed E-state index contributed by atoms with van der Waals surface area (Å²) in [6.07, 6.45) is 6.14. The summed E-state index contributed by atoms with van der Waals surface area (Å²) >= 11 is 0. The van der Waals surface area contributed by atoms with Gasteiger partial charge in [0.05, 0.1) is 19.3 Å². The van der Waals surface area contributed by atoms with Gasteiger partial charge < -0.3 is 19.5 Å². The number of hydrogen-bond acceptors (Lipinski definition) is 4. The average Bonchev–Trinajstić information content (AvgIpc) is 2.45. The van der Waals surface area contributed by atoms with Crippen molar-refractivity contribution in [2.75, 3.05) is 40.1 Å². The molecule has 0 amide bonds. The number of hydrogen-bond donors (Lipinski definition) is 1. The van der Waals surface area contributed by atoms with Crippen LogP contribution in [0.1, 0.15) is 52.9 Å². The van der Waals surface area contributed by atoms with E-state index in [9.17, 15) is 0 Å². The van der Waals surface area contributed by atoms with Crippen LogP contribution in [0, 0.1) is 5.41 Å². The predicted molar refractivity (Wildman–Crippen MR) is 86.8 cm³/mol. The number of rotatable bonds is 11. The van der Waals surface area contributed by atoms with Crippen molar-refractivity contribution in [3.05, 3.63) is 0 Å². The third-order valence-electron chi connectivity index (χ3n) is 4.33. The van der Waals surface area contributed by atoms with Crippen molar-refractivity contribution >= 4 is 0 Å². The van der Waals surface area contributed by atoms with Crippen LogP contribution >= 0.6 is 0 Å².